The molecule has 0 bridgehead atoms. The minimum absolute atomic E-state index is 0.494. The molecular formula is C26H21NS. The Morgan fingerprint density at radius 3 is 2.14 bits per heavy atom. The third-order valence-electron chi connectivity index (χ3n) is 5.34. The van der Waals surface area contributed by atoms with E-state index in [1.54, 1.807) is 0 Å². The number of rotatable bonds is 2. The van der Waals surface area contributed by atoms with Crippen molar-refractivity contribution in [3.05, 3.63) is 90.6 Å². The molecule has 1 nitrogen and oxygen atoms in total. The van der Waals surface area contributed by atoms with E-state index in [9.17, 15) is 0 Å². The van der Waals surface area contributed by atoms with E-state index in [2.05, 4.69) is 97.7 Å². The van der Waals surface area contributed by atoms with Crippen LogP contribution in [0.25, 0.3) is 33.5 Å². The summed E-state index contributed by atoms with van der Waals surface area (Å²) in [6.07, 6.45) is 1.93. The van der Waals surface area contributed by atoms with Gasteiger partial charge in [0.15, 0.2) is 0 Å². The first-order chi connectivity index (χ1) is 13.7. The van der Waals surface area contributed by atoms with E-state index in [4.69, 9.17) is 0 Å². The number of pyridine rings is 1. The molecule has 0 N–H and O–H groups in total. The third-order valence-corrected chi connectivity index (χ3v) is 6.49. The second-order valence-corrected chi connectivity index (χ2v) is 8.57. The Morgan fingerprint density at radius 2 is 1.36 bits per heavy atom. The molecule has 0 fully saturated rings. The molecule has 0 unspecified atom stereocenters. The van der Waals surface area contributed by atoms with Gasteiger partial charge in [0.2, 0.25) is 0 Å². The monoisotopic (exact) mass is 379 g/mol. The number of hydrogen-bond acceptors (Lipinski definition) is 2. The van der Waals surface area contributed by atoms with E-state index in [0.29, 0.717) is 5.92 Å². The summed E-state index contributed by atoms with van der Waals surface area (Å²) in [4.78, 5) is 7.25. The van der Waals surface area contributed by atoms with E-state index < -0.39 is 0 Å². The molecule has 136 valence electrons. The highest BCUT2D eigenvalue weighted by molar-refractivity contribution is 7.99. The van der Waals surface area contributed by atoms with Gasteiger partial charge in [0.05, 0.1) is 5.69 Å². The predicted octanol–water partition coefficient (Wildman–Crippen LogP) is 7.67. The molecule has 0 amide bonds. The Labute approximate surface area is 170 Å². The van der Waals surface area contributed by atoms with Crippen molar-refractivity contribution in [2.45, 2.75) is 29.6 Å². The molecule has 3 aromatic carbocycles. The summed E-state index contributed by atoms with van der Waals surface area (Å²) < 4.78 is 0. The molecule has 0 radical (unpaired) electrons. The van der Waals surface area contributed by atoms with Crippen molar-refractivity contribution in [1.82, 2.24) is 4.98 Å². The van der Waals surface area contributed by atoms with Crippen LogP contribution < -0.4 is 0 Å². The maximum atomic E-state index is 4.65. The van der Waals surface area contributed by atoms with Crippen molar-refractivity contribution in [3.63, 3.8) is 0 Å². The highest BCUT2D eigenvalue weighted by Gasteiger charge is 2.20. The number of nitrogens with zero attached hydrogens (tertiary/aromatic N) is 1. The van der Waals surface area contributed by atoms with Crippen molar-refractivity contribution in [2.75, 3.05) is 0 Å². The van der Waals surface area contributed by atoms with Gasteiger partial charge >= 0.3 is 0 Å². The van der Waals surface area contributed by atoms with Crippen molar-refractivity contribution < 1.29 is 0 Å². The summed E-state index contributed by atoms with van der Waals surface area (Å²) in [6, 6.07) is 28.5. The van der Waals surface area contributed by atoms with E-state index in [0.717, 1.165) is 5.69 Å². The number of aromatic nitrogens is 1. The molecule has 1 aliphatic heterocycles. The van der Waals surface area contributed by atoms with E-state index >= 15 is 0 Å². The van der Waals surface area contributed by atoms with Gasteiger partial charge in [-0.25, -0.2) is 0 Å². The highest BCUT2D eigenvalue weighted by Crippen LogP contribution is 2.48. The summed E-state index contributed by atoms with van der Waals surface area (Å²) in [5.41, 5.74) is 8.71. The molecule has 0 atom stereocenters. The van der Waals surface area contributed by atoms with Gasteiger partial charge in [-0.1, -0.05) is 74.1 Å². The van der Waals surface area contributed by atoms with E-state index in [1.807, 2.05) is 18.0 Å². The lowest BCUT2D eigenvalue weighted by Crippen LogP contribution is -1.92. The van der Waals surface area contributed by atoms with Crippen LogP contribution in [0.5, 0.6) is 0 Å². The molecule has 4 aromatic rings. The SMILES string of the molecule is CC(C)c1ccnc(-c2ccc3c(c2)-c2ccccc2-c2ccccc2S3)c1. The van der Waals surface area contributed by atoms with Crippen LogP contribution in [0.15, 0.2) is 94.9 Å². The molecule has 2 heterocycles. The van der Waals surface area contributed by atoms with Crippen LogP contribution in [0.3, 0.4) is 0 Å². The Morgan fingerprint density at radius 1 is 0.679 bits per heavy atom. The molecule has 28 heavy (non-hydrogen) atoms. The lowest BCUT2D eigenvalue weighted by Gasteiger charge is -2.12. The van der Waals surface area contributed by atoms with Gasteiger partial charge in [-0.15, -0.1) is 0 Å². The molecule has 5 rings (SSSR count). The second kappa shape index (κ2) is 6.96. The summed E-state index contributed by atoms with van der Waals surface area (Å²) in [5, 5.41) is 0. The number of fused-ring (bicyclic) bond motifs is 5. The van der Waals surface area contributed by atoms with E-state index in [-0.39, 0.29) is 0 Å². The minimum Gasteiger partial charge on any atom is -0.256 e. The molecule has 0 aliphatic carbocycles. The molecule has 0 saturated heterocycles. The van der Waals surface area contributed by atoms with E-state index in [1.165, 1.54) is 43.2 Å². The minimum atomic E-state index is 0.494. The fraction of sp³-hybridized carbons (Fsp3) is 0.115. The third kappa shape index (κ3) is 2.94. The summed E-state index contributed by atoms with van der Waals surface area (Å²) in [5.74, 6) is 0.494. The lowest BCUT2D eigenvalue weighted by molar-refractivity contribution is 0.864. The van der Waals surface area contributed by atoms with Crippen molar-refractivity contribution in [2.24, 2.45) is 0 Å². The van der Waals surface area contributed by atoms with Crippen LogP contribution in [0, 0.1) is 0 Å². The average molecular weight is 380 g/mol. The zero-order valence-electron chi connectivity index (χ0n) is 16.0. The number of benzene rings is 3. The summed E-state index contributed by atoms with van der Waals surface area (Å²) in [7, 11) is 0. The second-order valence-electron chi connectivity index (χ2n) is 7.48. The van der Waals surface area contributed by atoms with Crippen LogP contribution in [0.2, 0.25) is 0 Å². The van der Waals surface area contributed by atoms with Gasteiger partial charge in [-0.3, -0.25) is 4.98 Å². The molecule has 1 aromatic heterocycles. The Hall–Kier alpha value is -2.84. The molecule has 0 spiro atoms. The first-order valence-corrected chi connectivity index (χ1v) is 10.5. The first kappa shape index (κ1) is 17.3. The topological polar surface area (TPSA) is 12.9 Å². The standard InChI is InChI=1S/C26H21NS/c1-17(2)18-13-14-27-24(16-18)19-11-12-26-23(15-19)21-8-4-3-7-20(21)22-9-5-6-10-25(22)28-26/h3-17H,1-2H3. The van der Waals surface area contributed by atoms with Gasteiger partial charge < -0.3 is 0 Å². The molecule has 2 heteroatoms. The van der Waals surface area contributed by atoms with Gasteiger partial charge in [-0.2, -0.15) is 0 Å². The Balaban J connectivity index is 1.71. The number of hydrogen-bond donors (Lipinski definition) is 0. The zero-order chi connectivity index (χ0) is 19.1. The largest absolute Gasteiger partial charge is 0.256 e. The van der Waals surface area contributed by atoms with Crippen LogP contribution >= 0.6 is 11.8 Å². The van der Waals surface area contributed by atoms with Crippen LogP contribution in [-0.4, -0.2) is 4.98 Å². The first-order valence-electron chi connectivity index (χ1n) is 9.68. The fourth-order valence-corrected chi connectivity index (χ4v) is 4.89. The maximum absolute atomic E-state index is 4.65. The van der Waals surface area contributed by atoms with Crippen LogP contribution in [-0.2, 0) is 0 Å². The highest BCUT2D eigenvalue weighted by atomic mass is 32.2. The van der Waals surface area contributed by atoms with Crippen molar-refractivity contribution in [1.29, 1.82) is 0 Å². The molecule has 1 aliphatic rings. The quantitative estimate of drug-likeness (QED) is 0.312. The lowest BCUT2D eigenvalue weighted by atomic mass is 9.93. The van der Waals surface area contributed by atoms with Gasteiger partial charge in [0.25, 0.3) is 0 Å². The summed E-state index contributed by atoms with van der Waals surface area (Å²) >= 11 is 1.85. The van der Waals surface area contributed by atoms with Crippen molar-refractivity contribution in [3.8, 4) is 33.5 Å². The maximum Gasteiger partial charge on any atom is 0.0705 e. The van der Waals surface area contributed by atoms with Gasteiger partial charge in [0.1, 0.15) is 0 Å². The normalized spacial score (nSPS) is 12.1. The zero-order valence-corrected chi connectivity index (χ0v) is 16.8. The predicted molar refractivity (Wildman–Crippen MR) is 119 cm³/mol. The molecule has 0 saturated carbocycles. The Kier molecular flexibility index (Phi) is 4.29. The van der Waals surface area contributed by atoms with Crippen LogP contribution in [0.1, 0.15) is 25.3 Å². The van der Waals surface area contributed by atoms with Gasteiger partial charge in [0, 0.05) is 21.6 Å². The smallest absolute Gasteiger partial charge is 0.0705 e. The fourth-order valence-electron chi connectivity index (χ4n) is 3.80. The molecular weight excluding hydrogens is 358 g/mol. The van der Waals surface area contributed by atoms with Crippen molar-refractivity contribution >= 4 is 11.8 Å². The average Bonchev–Trinajstić information content (AvgIpc) is 2.88. The van der Waals surface area contributed by atoms with Crippen LogP contribution in [0.4, 0.5) is 0 Å². The van der Waals surface area contributed by atoms with Gasteiger partial charge in [-0.05, 0) is 64.1 Å². The summed E-state index contributed by atoms with van der Waals surface area (Å²) in [6.45, 7) is 4.44. The Bertz CT molecular complexity index is 1180.